The molecule has 3 fully saturated rings. The molecule has 0 radical (unpaired) electrons. The minimum absolute atomic E-state index is 0.0138. The molecule has 3 amide bonds. The van der Waals surface area contributed by atoms with Crippen LogP contribution in [-0.4, -0.2) is 64.9 Å². The standard InChI is InChI=1S/C28H34ClN7O3/c1-27(2,3)25-28(16-36(25)26(31)38)14-35(15-28)23-11-10-22(33-34-23)24(37)32-18-5-8-19(9-6-18)39-20-7-4-17(13-30)21(29)12-20/h4,7,10-12,18-19,25H,5-6,8-9,14-16H2,1-3H3,(H2,31,38)(H,32,37). The molecule has 2 aromatic rings. The number of ether oxygens (including phenoxy) is 1. The number of nitriles is 1. The lowest BCUT2D eigenvalue weighted by Crippen LogP contribution is -2.81. The summed E-state index contributed by atoms with van der Waals surface area (Å²) in [6.45, 7) is 8.61. The van der Waals surface area contributed by atoms with Gasteiger partial charge in [0.15, 0.2) is 11.5 Å². The Balaban J connectivity index is 1.10. The highest BCUT2D eigenvalue weighted by Gasteiger charge is 2.64. The first-order valence-corrected chi connectivity index (χ1v) is 13.7. The zero-order valence-corrected chi connectivity index (χ0v) is 23.2. The summed E-state index contributed by atoms with van der Waals surface area (Å²) in [5.74, 6) is 1.13. The van der Waals surface area contributed by atoms with E-state index in [0.29, 0.717) is 22.9 Å². The summed E-state index contributed by atoms with van der Waals surface area (Å²) in [4.78, 5) is 28.5. The summed E-state index contributed by atoms with van der Waals surface area (Å²) < 4.78 is 6.04. The Morgan fingerprint density at radius 1 is 1.13 bits per heavy atom. The molecule has 2 saturated heterocycles. The zero-order valence-electron chi connectivity index (χ0n) is 22.5. The minimum Gasteiger partial charge on any atom is -0.490 e. The smallest absolute Gasteiger partial charge is 0.315 e. The quantitative estimate of drug-likeness (QED) is 0.577. The molecule has 1 atom stereocenters. The topological polar surface area (TPSA) is 137 Å². The zero-order chi connectivity index (χ0) is 27.9. The number of primary amides is 1. The Hall–Kier alpha value is -3.58. The van der Waals surface area contributed by atoms with Crippen molar-refractivity contribution in [3.63, 3.8) is 0 Å². The Labute approximate surface area is 233 Å². The third kappa shape index (κ3) is 5.33. The van der Waals surface area contributed by atoms with Gasteiger partial charge in [-0.05, 0) is 55.4 Å². The van der Waals surface area contributed by atoms with Gasteiger partial charge in [-0.1, -0.05) is 32.4 Å². The molecule has 1 spiro atoms. The van der Waals surface area contributed by atoms with E-state index in [2.05, 4.69) is 41.2 Å². The van der Waals surface area contributed by atoms with E-state index in [1.807, 2.05) is 12.1 Å². The number of carbonyl (C=O) groups is 2. The number of likely N-dealkylation sites (tertiary alicyclic amines) is 1. The predicted molar refractivity (Wildman–Crippen MR) is 147 cm³/mol. The molecular formula is C28H34ClN7O3. The summed E-state index contributed by atoms with van der Waals surface area (Å²) >= 11 is 6.10. The lowest BCUT2D eigenvalue weighted by Gasteiger charge is -2.68. The molecular weight excluding hydrogens is 518 g/mol. The van der Waals surface area contributed by atoms with E-state index in [1.165, 1.54) is 0 Å². The maximum absolute atomic E-state index is 12.8. The van der Waals surface area contributed by atoms with E-state index >= 15 is 0 Å². The SMILES string of the molecule is CC(C)(C)C1N(C(N)=O)CC12CN(c1ccc(C(=O)NC3CCC(Oc4ccc(C#N)c(Cl)c4)CC3)nn1)C2. The molecule has 39 heavy (non-hydrogen) atoms. The van der Waals surface area contributed by atoms with Gasteiger partial charge in [-0.2, -0.15) is 5.26 Å². The van der Waals surface area contributed by atoms with Crippen LogP contribution >= 0.6 is 11.6 Å². The van der Waals surface area contributed by atoms with E-state index in [0.717, 1.165) is 44.6 Å². The fourth-order valence-electron chi connectivity index (χ4n) is 6.53. The van der Waals surface area contributed by atoms with Gasteiger partial charge in [-0.15, -0.1) is 10.2 Å². The van der Waals surface area contributed by atoms with Crippen LogP contribution in [0.25, 0.3) is 0 Å². The molecule has 1 aromatic carbocycles. The van der Waals surface area contributed by atoms with E-state index in [-0.39, 0.29) is 46.6 Å². The maximum atomic E-state index is 12.8. The van der Waals surface area contributed by atoms with Gasteiger partial charge in [0.25, 0.3) is 5.91 Å². The van der Waals surface area contributed by atoms with Crippen molar-refractivity contribution < 1.29 is 14.3 Å². The first-order chi connectivity index (χ1) is 18.5. The van der Waals surface area contributed by atoms with Crippen LogP contribution in [0.15, 0.2) is 30.3 Å². The van der Waals surface area contributed by atoms with Crippen LogP contribution in [0.3, 0.4) is 0 Å². The average molecular weight is 552 g/mol. The molecule has 3 N–H and O–H groups in total. The number of nitrogens with zero attached hydrogens (tertiary/aromatic N) is 5. The van der Waals surface area contributed by atoms with E-state index in [4.69, 9.17) is 27.3 Å². The second kappa shape index (κ2) is 10.2. The third-order valence-corrected chi connectivity index (χ3v) is 8.38. The number of nitrogens with one attached hydrogen (secondary N) is 1. The number of anilines is 1. The van der Waals surface area contributed by atoms with Crippen molar-refractivity contribution in [2.45, 2.75) is 64.6 Å². The Morgan fingerprint density at radius 2 is 1.85 bits per heavy atom. The normalized spacial score (nSPS) is 23.8. The fourth-order valence-corrected chi connectivity index (χ4v) is 6.74. The summed E-state index contributed by atoms with van der Waals surface area (Å²) in [7, 11) is 0. The highest BCUT2D eigenvalue weighted by Crippen LogP contribution is 2.52. The first kappa shape index (κ1) is 27.0. The number of amides is 3. The fraction of sp³-hybridized carbons (Fsp3) is 0.536. The van der Waals surface area contributed by atoms with Crippen molar-refractivity contribution in [1.29, 1.82) is 5.26 Å². The molecule has 2 aliphatic heterocycles. The van der Waals surface area contributed by atoms with E-state index in [1.54, 1.807) is 29.2 Å². The summed E-state index contributed by atoms with van der Waals surface area (Å²) in [6.07, 6.45) is 3.21. The second-order valence-electron chi connectivity index (χ2n) is 12.0. The van der Waals surface area contributed by atoms with Crippen LogP contribution in [0.2, 0.25) is 5.02 Å². The average Bonchev–Trinajstić information content (AvgIpc) is 2.83. The minimum atomic E-state index is -0.369. The van der Waals surface area contributed by atoms with Crippen LogP contribution < -0.4 is 20.7 Å². The number of urea groups is 1. The summed E-state index contributed by atoms with van der Waals surface area (Å²) in [5.41, 5.74) is 6.24. The van der Waals surface area contributed by atoms with Crippen LogP contribution in [0, 0.1) is 22.2 Å². The second-order valence-corrected chi connectivity index (χ2v) is 12.5. The molecule has 3 heterocycles. The number of hydrogen-bond acceptors (Lipinski definition) is 7. The lowest BCUT2D eigenvalue weighted by molar-refractivity contribution is -0.110. The molecule has 3 aliphatic rings. The third-order valence-electron chi connectivity index (χ3n) is 8.07. The Morgan fingerprint density at radius 3 is 2.41 bits per heavy atom. The number of aromatic nitrogens is 2. The van der Waals surface area contributed by atoms with E-state index in [9.17, 15) is 9.59 Å². The number of halogens is 1. The summed E-state index contributed by atoms with van der Waals surface area (Å²) in [6, 6.07) is 10.4. The molecule has 1 unspecified atom stereocenters. The Kier molecular flexibility index (Phi) is 7.06. The highest BCUT2D eigenvalue weighted by molar-refractivity contribution is 6.31. The van der Waals surface area contributed by atoms with Crippen molar-refractivity contribution >= 4 is 29.4 Å². The Bertz CT molecular complexity index is 1290. The van der Waals surface area contributed by atoms with Crippen LogP contribution in [0.5, 0.6) is 5.75 Å². The van der Waals surface area contributed by atoms with Crippen molar-refractivity contribution in [3.05, 3.63) is 46.6 Å². The molecule has 206 valence electrons. The number of hydrogen-bond donors (Lipinski definition) is 2. The monoisotopic (exact) mass is 551 g/mol. The van der Waals surface area contributed by atoms with Gasteiger partial charge in [0.1, 0.15) is 11.8 Å². The van der Waals surface area contributed by atoms with Gasteiger partial charge >= 0.3 is 6.03 Å². The van der Waals surface area contributed by atoms with E-state index < -0.39 is 0 Å². The molecule has 0 bridgehead atoms. The molecule has 1 aromatic heterocycles. The van der Waals surface area contributed by atoms with Crippen LogP contribution in [0.1, 0.15) is 62.5 Å². The number of carbonyl (C=O) groups excluding carboxylic acids is 2. The molecule has 5 rings (SSSR count). The van der Waals surface area contributed by atoms with Gasteiger partial charge in [0, 0.05) is 43.2 Å². The van der Waals surface area contributed by atoms with Crippen LogP contribution in [0.4, 0.5) is 10.6 Å². The molecule has 1 saturated carbocycles. The van der Waals surface area contributed by atoms with Gasteiger partial charge in [-0.25, -0.2) is 4.79 Å². The van der Waals surface area contributed by atoms with Crippen LogP contribution in [-0.2, 0) is 0 Å². The largest absolute Gasteiger partial charge is 0.490 e. The van der Waals surface area contributed by atoms with Crippen molar-refractivity contribution in [1.82, 2.24) is 20.4 Å². The van der Waals surface area contributed by atoms with Gasteiger partial charge in [0.05, 0.1) is 16.7 Å². The lowest BCUT2D eigenvalue weighted by atomic mass is 9.58. The maximum Gasteiger partial charge on any atom is 0.315 e. The first-order valence-electron chi connectivity index (χ1n) is 13.3. The van der Waals surface area contributed by atoms with Crippen molar-refractivity contribution in [2.75, 3.05) is 24.5 Å². The van der Waals surface area contributed by atoms with Crippen molar-refractivity contribution in [2.24, 2.45) is 16.6 Å². The van der Waals surface area contributed by atoms with Gasteiger partial charge in [-0.3, -0.25) is 4.79 Å². The molecule has 1 aliphatic carbocycles. The van der Waals surface area contributed by atoms with Crippen molar-refractivity contribution in [3.8, 4) is 11.8 Å². The summed E-state index contributed by atoms with van der Waals surface area (Å²) in [5, 5.41) is 21.0. The number of benzene rings is 1. The molecule has 10 nitrogen and oxygen atoms in total. The van der Waals surface area contributed by atoms with Gasteiger partial charge < -0.3 is 25.6 Å². The number of nitrogens with two attached hydrogens (primary N) is 1. The number of rotatable bonds is 5. The molecule has 11 heteroatoms. The highest BCUT2D eigenvalue weighted by atomic mass is 35.5. The van der Waals surface area contributed by atoms with Gasteiger partial charge in [0.2, 0.25) is 0 Å². The predicted octanol–water partition coefficient (Wildman–Crippen LogP) is 3.74.